The first-order chi connectivity index (χ1) is 21.8. The summed E-state index contributed by atoms with van der Waals surface area (Å²) in [7, 11) is -2.14. The van der Waals surface area contributed by atoms with E-state index < -0.39 is 9.84 Å². The molecule has 0 radical (unpaired) electrons. The van der Waals surface area contributed by atoms with Crippen LogP contribution in [0.1, 0.15) is 30.3 Å². The quantitative estimate of drug-likeness (QED) is 0.200. The summed E-state index contributed by atoms with van der Waals surface area (Å²) in [6.07, 6.45) is 4.81. The third kappa shape index (κ3) is 7.11. The monoisotopic (exact) mass is 643 g/mol. The van der Waals surface area contributed by atoms with Gasteiger partial charge in [-0.2, -0.15) is 0 Å². The number of aromatic nitrogens is 5. The Morgan fingerprint density at radius 3 is 2.56 bits per heavy atom. The number of rotatable bonds is 10. The second kappa shape index (κ2) is 13.3. The number of ether oxygens (including phenoxy) is 2. The van der Waals surface area contributed by atoms with Crippen LogP contribution in [0, 0.1) is 0 Å². The van der Waals surface area contributed by atoms with E-state index in [2.05, 4.69) is 39.0 Å². The van der Waals surface area contributed by atoms with Gasteiger partial charge in [0, 0.05) is 43.0 Å². The van der Waals surface area contributed by atoms with E-state index in [1.165, 1.54) is 19.4 Å². The SMILES string of the molecule is COc1ccc(S(=O)(=O)Cc2cccc(-c3nc(C(C)C)sc3-c3ccnc(Nc4ccc(N5CCOCC5)nc4)n3)c2)cn1. The number of nitrogens with zero attached hydrogens (tertiary/aromatic N) is 6. The van der Waals surface area contributed by atoms with E-state index in [0.717, 1.165) is 45.7 Å². The van der Waals surface area contributed by atoms with Crippen molar-refractivity contribution in [1.82, 2.24) is 24.9 Å². The summed E-state index contributed by atoms with van der Waals surface area (Å²) in [6.45, 7) is 7.23. The first-order valence-electron chi connectivity index (χ1n) is 14.5. The molecule has 232 valence electrons. The zero-order valence-electron chi connectivity index (χ0n) is 25.2. The van der Waals surface area contributed by atoms with Crippen molar-refractivity contribution in [3.63, 3.8) is 0 Å². The predicted octanol–water partition coefficient (Wildman–Crippen LogP) is 5.74. The lowest BCUT2D eigenvalue weighted by atomic mass is 10.1. The minimum atomic E-state index is -3.63. The fourth-order valence-electron chi connectivity index (χ4n) is 4.85. The summed E-state index contributed by atoms with van der Waals surface area (Å²) in [4.78, 5) is 26.1. The number of thiazole rings is 1. The molecule has 0 spiro atoms. The maximum atomic E-state index is 13.2. The van der Waals surface area contributed by atoms with Crippen LogP contribution in [0.5, 0.6) is 5.88 Å². The number of pyridine rings is 2. The maximum absolute atomic E-state index is 13.2. The average molecular weight is 644 g/mol. The van der Waals surface area contributed by atoms with Gasteiger partial charge in [-0.15, -0.1) is 11.3 Å². The van der Waals surface area contributed by atoms with Gasteiger partial charge in [-0.1, -0.05) is 32.0 Å². The van der Waals surface area contributed by atoms with Gasteiger partial charge in [0.05, 0.1) is 64.1 Å². The minimum Gasteiger partial charge on any atom is -0.481 e. The second-order valence-electron chi connectivity index (χ2n) is 10.8. The smallest absolute Gasteiger partial charge is 0.227 e. The Hall–Kier alpha value is -4.46. The summed E-state index contributed by atoms with van der Waals surface area (Å²) in [5.74, 6) is 1.72. The zero-order chi connectivity index (χ0) is 31.4. The Morgan fingerprint density at radius 1 is 1.00 bits per heavy atom. The van der Waals surface area contributed by atoms with Crippen LogP contribution in [0.25, 0.3) is 21.8 Å². The Morgan fingerprint density at radius 2 is 1.84 bits per heavy atom. The molecule has 1 aliphatic rings. The van der Waals surface area contributed by atoms with E-state index >= 15 is 0 Å². The Balaban J connectivity index is 1.26. The molecule has 1 saturated heterocycles. The molecule has 0 aliphatic carbocycles. The van der Waals surface area contributed by atoms with Gasteiger partial charge in [-0.25, -0.2) is 33.3 Å². The normalized spacial score (nSPS) is 13.6. The van der Waals surface area contributed by atoms with Gasteiger partial charge < -0.3 is 19.7 Å². The summed E-state index contributed by atoms with van der Waals surface area (Å²) in [5, 5.41) is 4.22. The highest BCUT2D eigenvalue weighted by atomic mass is 32.2. The molecule has 45 heavy (non-hydrogen) atoms. The van der Waals surface area contributed by atoms with Crippen LogP contribution in [0.15, 0.2) is 78.1 Å². The van der Waals surface area contributed by atoms with E-state index in [0.29, 0.717) is 36.3 Å². The van der Waals surface area contributed by atoms with Crippen molar-refractivity contribution in [2.75, 3.05) is 43.6 Å². The Kier molecular flexibility index (Phi) is 9.01. The average Bonchev–Trinajstić information content (AvgIpc) is 3.52. The molecular formula is C32H33N7O4S2. The zero-order valence-corrected chi connectivity index (χ0v) is 26.8. The lowest BCUT2D eigenvalue weighted by molar-refractivity contribution is 0.122. The van der Waals surface area contributed by atoms with Gasteiger partial charge >= 0.3 is 0 Å². The number of anilines is 3. The van der Waals surface area contributed by atoms with Gasteiger partial charge in [0.15, 0.2) is 9.84 Å². The van der Waals surface area contributed by atoms with Crippen LogP contribution in [-0.4, -0.2) is 66.8 Å². The number of nitrogens with one attached hydrogen (secondary N) is 1. The molecule has 4 aromatic heterocycles. The molecule has 0 bridgehead atoms. The fourth-order valence-corrected chi connectivity index (χ4v) is 7.18. The number of benzene rings is 1. The maximum Gasteiger partial charge on any atom is 0.227 e. The van der Waals surface area contributed by atoms with E-state index in [-0.39, 0.29) is 16.6 Å². The van der Waals surface area contributed by atoms with Crippen LogP contribution >= 0.6 is 11.3 Å². The fraction of sp³-hybridized carbons (Fsp3) is 0.281. The van der Waals surface area contributed by atoms with Gasteiger partial charge in [0.25, 0.3) is 0 Å². The highest BCUT2D eigenvalue weighted by Crippen LogP contribution is 2.39. The van der Waals surface area contributed by atoms with Crippen molar-refractivity contribution >= 4 is 38.6 Å². The first-order valence-corrected chi connectivity index (χ1v) is 17.0. The van der Waals surface area contributed by atoms with Gasteiger partial charge in [0.1, 0.15) is 5.82 Å². The molecular weight excluding hydrogens is 611 g/mol. The van der Waals surface area contributed by atoms with Crippen molar-refractivity contribution in [2.45, 2.75) is 30.4 Å². The topological polar surface area (TPSA) is 132 Å². The molecule has 1 aliphatic heterocycles. The molecule has 1 N–H and O–H groups in total. The van der Waals surface area contributed by atoms with Crippen LogP contribution < -0.4 is 15.0 Å². The third-order valence-corrected chi connectivity index (χ3v) is 10.3. The molecule has 0 atom stereocenters. The summed E-state index contributed by atoms with van der Waals surface area (Å²) < 4.78 is 36.9. The number of hydrogen-bond donors (Lipinski definition) is 1. The predicted molar refractivity (Wildman–Crippen MR) is 175 cm³/mol. The Labute approximate surface area is 266 Å². The van der Waals surface area contributed by atoms with Crippen LogP contribution in [-0.2, 0) is 20.3 Å². The van der Waals surface area contributed by atoms with Gasteiger partial charge in [0.2, 0.25) is 11.8 Å². The Bertz CT molecular complexity index is 1870. The molecule has 0 unspecified atom stereocenters. The second-order valence-corrected chi connectivity index (χ2v) is 13.8. The van der Waals surface area contributed by atoms with E-state index in [1.807, 2.05) is 36.4 Å². The summed E-state index contributed by atoms with van der Waals surface area (Å²) in [5.41, 5.74) is 3.69. The summed E-state index contributed by atoms with van der Waals surface area (Å²) in [6, 6.07) is 16.3. The number of morpholine rings is 1. The molecule has 5 aromatic rings. The van der Waals surface area contributed by atoms with Crippen LogP contribution in [0.3, 0.4) is 0 Å². The minimum absolute atomic E-state index is 0.136. The standard InChI is InChI=1S/C32H33N7O4S2/c1-21(2)31-38-29(23-6-4-5-22(17-23)20-45(40,41)25-8-10-28(42-3)35-19-25)30(44-31)26-11-12-33-32(37-26)36-24-7-9-27(34-18-24)39-13-15-43-16-14-39/h4-12,17-19,21H,13-16,20H2,1-3H3,(H,33,36,37). The lowest BCUT2D eigenvalue weighted by Crippen LogP contribution is -2.36. The molecule has 0 saturated carbocycles. The number of hydrogen-bond acceptors (Lipinski definition) is 12. The lowest BCUT2D eigenvalue weighted by Gasteiger charge is -2.27. The van der Waals surface area contributed by atoms with Crippen LogP contribution in [0.2, 0.25) is 0 Å². The molecule has 11 nitrogen and oxygen atoms in total. The largest absolute Gasteiger partial charge is 0.481 e. The molecule has 6 rings (SSSR count). The highest BCUT2D eigenvalue weighted by Gasteiger charge is 2.21. The highest BCUT2D eigenvalue weighted by molar-refractivity contribution is 7.90. The van der Waals surface area contributed by atoms with Gasteiger partial charge in [-0.3, -0.25) is 0 Å². The third-order valence-electron chi connectivity index (χ3n) is 7.20. The molecule has 1 fully saturated rings. The van der Waals surface area contributed by atoms with Gasteiger partial charge in [-0.05, 0) is 35.9 Å². The van der Waals surface area contributed by atoms with Crippen molar-refractivity contribution < 1.29 is 17.9 Å². The van der Waals surface area contributed by atoms with Crippen molar-refractivity contribution in [2.24, 2.45) is 0 Å². The molecule has 0 amide bonds. The van der Waals surface area contributed by atoms with Crippen molar-refractivity contribution in [3.8, 4) is 27.7 Å². The summed E-state index contributed by atoms with van der Waals surface area (Å²) >= 11 is 1.57. The molecule has 13 heteroatoms. The molecule has 1 aromatic carbocycles. The van der Waals surface area contributed by atoms with Crippen molar-refractivity contribution in [1.29, 1.82) is 0 Å². The van der Waals surface area contributed by atoms with E-state index in [1.54, 1.807) is 35.9 Å². The first kappa shape index (κ1) is 30.6. The number of methoxy groups -OCH3 is 1. The number of sulfone groups is 1. The van der Waals surface area contributed by atoms with Crippen molar-refractivity contribution in [3.05, 3.63) is 83.8 Å². The molecule has 5 heterocycles. The van der Waals surface area contributed by atoms with E-state index in [9.17, 15) is 8.42 Å². The van der Waals surface area contributed by atoms with Crippen LogP contribution in [0.4, 0.5) is 17.5 Å². The van der Waals surface area contributed by atoms with E-state index in [4.69, 9.17) is 19.4 Å².